The summed E-state index contributed by atoms with van der Waals surface area (Å²) in [5.41, 5.74) is 3.65. The summed E-state index contributed by atoms with van der Waals surface area (Å²) in [7, 11) is 0. The Morgan fingerprint density at radius 3 is 2.36 bits per heavy atom. The first-order chi connectivity index (χ1) is 15.7. The number of carbonyl (C=O) groups is 2. The molecular formula is C26H30FN3O2S. The zero-order valence-corrected chi connectivity index (χ0v) is 20.3. The lowest BCUT2D eigenvalue weighted by Crippen LogP contribution is -2.47. The van der Waals surface area contributed by atoms with Crippen LogP contribution in [0.5, 0.6) is 0 Å². The zero-order chi connectivity index (χ0) is 24.0. The van der Waals surface area contributed by atoms with Crippen LogP contribution in [-0.4, -0.2) is 34.3 Å². The number of aryl methyl sites for hydroxylation is 1. The molecule has 0 fully saturated rings. The monoisotopic (exact) mass is 467 g/mol. The molecule has 0 aliphatic carbocycles. The average molecular weight is 468 g/mol. The van der Waals surface area contributed by atoms with E-state index in [1.165, 1.54) is 17.0 Å². The number of amides is 3. The molecule has 0 aliphatic rings. The molecule has 3 rings (SSSR count). The van der Waals surface area contributed by atoms with Crippen molar-refractivity contribution < 1.29 is 14.0 Å². The van der Waals surface area contributed by atoms with Gasteiger partial charge in [0.1, 0.15) is 12.4 Å². The third-order valence-electron chi connectivity index (χ3n) is 5.60. The van der Waals surface area contributed by atoms with Crippen molar-refractivity contribution in [2.75, 3.05) is 11.9 Å². The van der Waals surface area contributed by atoms with Crippen LogP contribution in [0.3, 0.4) is 0 Å². The van der Waals surface area contributed by atoms with E-state index in [4.69, 9.17) is 0 Å². The quantitative estimate of drug-likeness (QED) is 0.443. The fourth-order valence-corrected chi connectivity index (χ4v) is 4.16. The second-order valence-corrected chi connectivity index (χ2v) is 9.39. The number of benzene rings is 2. The highest BCUT2D eigenvalue weighted by Gasteiger charge is 2.24. The zero-order valence-electron chi connectivity index (χ0n) is 19.5. The first-order valence-electron chi connectivity index (χ1n) is 10.9. The summed E-state index contributed by atoms with van der Waals surface area (Å²) in [5.74, 6) is -0.485. The predicted octanol–water partition coefficient (Wildman–Crippen LogP) is 5.98. The third kappa shape index (κ3) is 6.65. The van der Waals surface area contributed by atoms with E-state index >= 15 is 0 Å². The molecule has 3 amide bonds. The summed E-state index contributed by atoms with van der Waals surface area (Å²) in [6.07, 6.45) is 0. The molecule has 5 nitrogen and oxygen atoms in total. The largest absolute Gasteiger partial charge is 0.332 e. The average Bonchev–Trinajstić information content (AvgIpc) is 3.29. The molecular weight excluding hydrogens is 437 g/mol. The van der Waals surface area contributed by atoms with Gasteiger partial charge in [0.25, 0.3) is 0 Å². The molecule has 1 heterocycles. The minimum atomic E-state index is -0.316. The summed E-state index contributed by atoms with van der Waals surface area (Å²) < 4.78 is 13.3. The van der Waals surface area contributed by atoms with Crippen LogP contribution >= 0.6 is 11.3 Å². The van der Waals surface area contributed by atoms with Gasteiger partial charge in [-0.25, -0.2) is 9.18 Å². The highest BCUT2D eigenvalue weighted by molar-refractivity contribution is 7.09. The lowest BCUT2D eigenvalue weighted by Gasteiger charge is -2.30. The van der Waals surface area contributed by atoms with E-state index in [9.17, 15) is 14.0 Å². The topological polar surface area (TPSA) is 52.7 Å². The molecule has 0 saturated carbocycles. The van der Waals surface area contributed by atoms with E-state index in [-0.39, 0.29) is 30.3 Å². The Morgan fingerprint density at radius 1 is 1.00 bits per heavy atom. The minimum absolute atomic E-state index is 0.0546. The normalized spacial score (nSPS) is 10.8. The fourth-order valence-electron chi connectivity index (χ4n) is 3.44. The highest BCUT2D eigenvalue weighted by Crippen LogP contribution is 2.20. The molecule has 1 N–H and O–H groups in total. The molecule has 0 bridgehead atoms. The lowest BCUT2D eigenvalue weighted by molar-refractivity contribution is -0.133. The Morgan fingerprint density at radius 2 is 1.73 bits per heavy atom. The second-order valence-electron chi connectivity index (χ2n) is 8.35. The van der Waals surface area contributed by atoms with Gasteiger partial charge >= 0.3 is 6.03 Å². The van der Waals surface area contributed by atoms with Crippen LogP contribution in [0.2, 0.25) is 0 Å². The molecule has 0 atom stereocenters. The number of rotatable bonds is 8. The van der Waals surface area contributed by atoms with Crippen molar-refractivity contribution in [3.8, 4) is 0 Å². The standard InChI is InChI=1S/C26H30FN3O2S/c1-18(2)30(26(32)28-24-9-5-7-19(3)20(24)4)17-25(31)29(16-23-8-6-14-33-23)15-21-10-12-22(27)13-11-21/h5-14,18H,15-17H2,1-4H3,(H,28,32). The van der Waals surface area contributed by atoms with Crippen LogP contribution in [0.15, 0.2) is 60.0 Å². The van der Waals surface area contributed by atoms with Crippen LogP contribution in [0.1, 0.15) is 35.4 Å². The first kappa shape index (κ1) is 24.5. The number of thiophene rings is 1. The Hall–Kier alpha value is -3.19. The van der Waals surface area contributed by atoms with Crippen LogP contribution in [0.25, 0.3) is 0 Å². The fraction of sp³-hybridized carbons (Fsp3) is 0.308. The van der Waals surface area contributed by atoms with Crippen molar-refractivity contribution in [2.24, 2.45) is 0 Å². The first-order valence-corrected chi connectivity index (χ1v) is 11.8. The van der Waals surface area contributed by atoms with Gasteiger partial charge in [0.15, 0.2) is 0 Å². The maximum atomic E-state index is 13.4. The minimum Gasteiger partial charge on any atom is -0.332 e. The molecule has 1 aromatic heterocycles. The molecule has 3 aromatic rings. The molecule has 0 unspecified atom stereocenters. The molecule has 2 aromatic carbocycles. The number of anilines is 1. The molecule has 174 valence electrons. The van der Waals surface area contributed by atoms with Crippen LogP contribution < -0.4 is 5.32 Å². The summed E-state index contributed by atoms with van der Waals surface area (Å²) in [6, 6.07) is 15.3. The van der Waals surface area contributed by atoms with Crippen molar-refractivity contribution >= 4 is 29.0 Å². The molecule has 7 heteroatoms. The Bertz CT molecular complexity index is 1080. The van der Waals surface area contributed by atoms with E-state index in [1.54, 1.807) is 28.4 Å². The van der Waals surface area contributed by atoms with Gasteiger partial charge in [-0.3, -0.25) is 4.79 Å². The van der Waals surface area contributed by atoms with Crippen LogP contribution in [0.4, 0.5) is 14.9 Å². The van der Waals surface area contributed by atoms with Crippen molar-refractivity contribution in [3.05, 3.63) is 87.4 Å². The summed E-state index contributed by atoms with van der Waals surface area (Å²) >= 11 is 1.57. The van der Waals surface area contributed by atoms with E-state index in [1.807, 2.05) is 63.4 Å². The van der Waals surface area contributed by atoms with Gasteiger partial charge in [0.2, 0.25) is 5.91 Å². The van der Waals surface area contributed by atoms with Gasteiger partial charge in [0, 0.05) is 23.2 Å². The van der Waals surface area contributed by atoms with Gasteiger partial charge in [-0.1, -0.05) is 30.3 Å². The maximum Gasteiger partial charge on any atom is 0.322 e. The summed E-state index contributed by atoms with van der Waals surface area (Å²) in [6.45, 7) is 8.44. The van der Waals surface area contributed by atoms with Crippen molar-refractivity contribution in [3.63, 3.8) is 0 Å². The summed E-state index contributed by atoms with van der Waals surface area (Å²) in [4.78, 5) is 30.8. The van der Waals surface area contributed by atoms with Gasteiger partial charge in [-0.15, -0.1) is 11.3 Å². The van der Waals surface area contributed by atoms with E-state index < -0.39 is 0 Å². The van der Waals surface area contributed by atoms with Crippen LogP contribution in [-0.2, 0) is 17.9 Å². The number of halogens is 1. The number of nitrogens with one attached hydrogen (secondary N) is 1. The highest BCUT2D eigenvalue weighted by atomic mass is 32.1. The Labute approximate surface area is 198 Å². The lowest BCUT2D eigenvalue weighted by atomic mass is 10.1. The van der Waals surface area contributed by atoms with Gasteiger partial charge < -0.3 is 15.1 Å². The number of hydrogen-bond acceptors (Lipinski definition) is 3. The van der Waals surface area contributed by atoms with Crippen molar-refractivity contribution in [1.29, 1.82) is 0 Å². The SMILES string of the molecule is Cc1cccc(NC(=O)N(CC(=O)N(Cc2ccc(F)cc2)Cc2cccs2)C(C)C)c1C. The molecule has 33 heavy (non-hydrogen) atoms. The van der Waals surface area contributed by atoms with Gasteiger partial charge in [0.05, 0.1) is 6.54 Å². The van der Waals surface area contributed by atoms with Crippen molar-refractivity contribution in [2.45, 2.75) is 46.8 Å². The number of nitrogens with zero attached hydrogens (tertiary/aromatic N) is 2. The number of hydrogen-bond donors (Lipinski definition) is 1. The maximum absolute atomic E-state index is 13.4. The summed E-state index contributed by atoms with van der Waals surface area (Å²) in [5, 5.41) is 4.92. The molecule has 0 radical (unpaired) electrons. The third-order valence-corrected chi connectivity index (χ3v) is 6.46. The number of urea groups is 1. The van der Waals surface area contributed by atoms with Crippen LogP contribution in [0, 0.1) is 19.7 Å². The Kier molecular flexibility index (Phi) is 8.22. The molecule has 0 saturated heterocycles. The number of carbonyl (C=O) groups excluding carboxylic acids is 2. The van der Waals surface area contributed by atoms with E-state index in [2.05, 4.69) is 5.32 Å². The van der Waals surface area contributed by atoms with Gasteiger partial charge in [-0.2, -0.15) is 0 Å². The van der Waals surface area contributed by atoms with Gasteiger partial charge in [-0.05, 0) is 74.0 Å². The predicted molar refractivity (Wildman–Crippen MR) is 132 cm³/mol. The van der Waals surface area contributed by atoms with E-state index in [0.717, 1.165) is 27.3 Å². The Balaban J connectivity index is 1.77. The second kappa shape index (κ2) is 11.1. The van der Waals surface area contributed by atoms with E-state index in [0.29, 0.717) is 13.1 Å². The molecule has 0 aliphatic heterocycles. The smallest absolute Gasteiger partial charge is 0.322 e. The van der Waals surface area contributed by atoms with Crippen molar-refractivity contribution in [1.82, 2.24) is 9.80 Å². The molecule has 0 spiro atoms.